The SMILES string of the molecule is C=C1CC=CC2=C1CCCCC2. The monoisotopic (exact) mass is 160 g/mol. The molecule has 0 fully saturated rings. The van der Waals surface area contributed by atoms with Crippen molar-refractivity contribution in [1.29, 1.82) is 0 Å². The van der Waals surface area contributed by atoms with Gasteiger partial charge in [-0.05, 0) is 48.8 Å². The smallest absolute Gasteiger partial charge is 0.00973 e. The number of allylic oxidation sites excluding steroid dienone is 5. The van der Waals surface area contributed by atoms with Crippen LogP contribution in [0.3, 0.4) is 0 Å². The first-order chi connectivity index (χ1) is 5.88. The second-order valence-electron chi connectivity index (χ2n) is 3.77. The van der Waals surface area contributed by atoms with Crippen molar-refractivity contribution in [3.8, 4) is 0 Å². The van der Waals surface area contributed by atoms with E-state index >= 15 is 0 Å². The lowest BCUT2D eigenvalue weighted by atomic mass is 9.90. The zero-order valence-electron chi connectivity index (χ0n) is 7.60. The van der Waals surface area contributed by atoms with Gasteiger partial charge in [0.15, 0.2) is 0 Å². The van der Waals surface area contributed by atoms with Gasteiger partial charge in [-0.3, -0.25) is 0 Å². The van der Waals surface area contributed by atoms with Gasteiger partial charge in [-0.15, -0.1) is 0 Å². The minimum absolute atomic E-state index is 1.08. The Morgan fingerprint density at radius 3 is 2.83 bits per heavy atom. The van der Waals surface area contributed by atoms with Crippen LogP contribution in [0.1, 0.15) is 38.5 Å². The molecule has 0 aromatic carbocycles. The molecule has 0 N–H and O–H groups in total. The normalized spacial score (nSPS) is 23.8. The van der Waals surface area contributed by atoms with Crippen molar-refractivity contribution < 1.29 is 0 Å². The third kappa shape index (κ3) is 1.38. The van der Waals surface area contributed by atoms with Gasteiger partial charge in [-0.25, -0.2) is 0 Å². The van der Waals surface area contributed by atoms with E-state index in [1.54, 1.807) is 11.1 Å². The molecule has 0 spiro atoms. The lowest BCUT2D eigenvalue weighted by molar-refractivity contribution is 0.709. The van der Waals surface area contributed by atoms with Crippen molar-refractivity contribution in [2.75, 3.05) is 0 Å². The summed E-state index contributed by atoms with van der Waals surface area (Å²) in [4.78, 5) is 0. The van der Waals surface area contributed by atoms with Crippen molar-refractivity contribution in [2.24, 2.45) is 0 Å². The van der Waals surface area contributed by atoms with Gasteiger partial charge < -0.3 is 0 Å². The van der Waals surface area contributed by atoms with Crippen LogP contribution in [0.15, 0.2) is 35.5 Å². The van der Waals surface area contributed by atoms with Crippen LogP contribution in [0.25, 0.3) is 0 Å². The van der Waals surface area contributed by atoms with Crippen LogP contribution < -0.4 is 0 Å². The maximum Gasteiger partial charge on any atom is -0.00973 e. The Bertz CT molecular complexity index is 253. The van der Waals surface area contributed by atoms with E-state index in [9.17, 15) is 0 Å². The zero-order chi connectivity index (χ0) is 8.39. The lowest BCUT2D eigenvalue weighted by Crippen LogP contribution is -1.96. The first-order valence-corrected chi connectivity index (χ1v) is 4.94. The summed E-state index contributed by atoms with van der Waals surface area (Å²) in [6, 6.07) is 0. The van der Waals surface area contributed by atoms with Gasteiger partial charge in [0.25, 0.3) is 0 Å². The summed E-state index contributed by atoms with van der Waals surface area (Å²) in [5.74, 6) is 0. The van der Waals surface area contributed by atoms with E-state index in [0.717, 1.165) is 6.42 Å². The zero-order valence-corrected chi connectivity index (χ0v) is 7.60. The highest BCUT2D eigenvalue weighted by Gasteiger charge is 2.13. The number of rotatable bonds is 0. The first-order valence-electron chi connectivity index (χ1n) is 4.94. The molecule has 0 amide bonds. The predicted molar refractivity (Wildman–Crippen MR) is 53.0 cm³/mol. The Morgan fingerprint density at radius 2 is 1.92 bits per heavy atom. The highest BCUT2D eigenvalue weighted by Crippen LogP contribution is 2.33. The van der Waals surface area contributed by atoms with Crippen LogP contribution >= 0.6 is 0 Å². The van der Waals surface area contributed by atoms with Crippen LogP contribution in [0.4, 0.5) is 0 Å². The number of hydrogen-bond donors (Lipinski definition) is 0. The molecule has 2 aliphatic carbocycles. The summed E-state index contributed by atoms with van der Waals surface area (Å²) in [6.07, 6.45) is 12.3. The topological polar surface area (TPSA) is 0 Å². The molecule has 2 rings (SSSR count). The van der Waals surface area contributed by atoms with Crippen molar-refractivity contribution in [3.63, 3.8) is 0 Å². The molecular weight excluding hydrogens is 144 g/mol. The molecule has 0 atom stereocenters. The average Bonchev–Trinajstić information content (AvgIpc) is 2.30. The molecule has 0 aromatic rings. The quantitative estimate of drug-likeness (QED) is 0.506. The van der Waals surface area contributed by atoms with Gasteiger partial charge in [-0.1, -0.05) is 25.2 Å². The van der Waals surface area contributed by atoms with Gasteiger partial charge in [0, 0.05) is 0 Å². The summed E-state index contributed by atoms with van der Waals surface area (Å²) in [6.45, 7) is 4.13. The van der Waals surface area contributed by atoms with E-state index in [4.69, 9.17) is 0 Å². The standard InChI is InChI=1S/C12H16/c1-10-6-5-8-11-7-3-2-4-9-12(10)11/h5,8H,1-4,6-7,9H2. The van der Waals surface area contributed by atoms with Gasteiger partial charge in [-0.2, -0.15) is 0 Å². The second-order valence-corrected chi connectivity index (χ2v) is 3.77. The van der Waals surface area contributed by atoms with E-state index in [1.807, 2.05) is 0 Å². The van der Waals surface area contributed by atoms with Crippen molar-refractivity contribution >= 4 is 0 Å². The molecule has 0 heteroatoms. The van der Waals surface area contributed by atoms with E-state index in [1.165, 1.54) is 37.7 Å². The van der Waals surface area contributed by atoms with E-state index < -0.39 is 0 Å². The van der Waals surface area contributed by atoms with Gasteiger partial charge in [0.05, 0.1) is 0 Å². The van der Waals surface area contributed by atoms with Gasteiger partial charge in [0.1, 0.15) is 0 Å². The highest BCUT2D eigenvalue weighted by molar-refractivity contribution is 5.44. The Labute approximate surface area is 74.7 Å². The van der Waals surface area contributed by atoms with Crippen LogP contribution in [-0.4, -0.2) is 0 Å². The van der Waals surface area contributed by atoms with Crippen LogP contribution in [0.5, 0.6) is 0 Å². The fraction of sp³-hybridized carbons (Fsp3) is 0.500. The lowest BCUT2D eigenvalue weighted by Gasteiger charge is -2.15. The molecule has 0 radical (unpaired) electrons. The van der Waals surface area contributed by atoms with Gasteiger partial charge in [0.2, 0.25) is 0 Å². The maximum absolute atomic E-state index is 4.13. The molecular formula is C12H16. The van der Waals surface area contributed by atoms with E-state index in [0.29, 0.717) is 0 Å². The molecule has 0 aliphatic heterocycles. The molecule has 0 saturated carbocycles. The Hall–Kier alpha value is -0.780. The molecule has 0 nitrogen and oxygen atoms in total. The molecule has 2 aliphatic rings. The fourth-order valence-electron chi connectivity index (χ4n) is 2.16. The van der Waals surface area contributed by atoms with E-state index in [-0.39, 0.29) is 0 Å². The molecule has 12 heavy (non-hydrogen) atoms. The van der Waals surface area contributed by atoms with Crippen molar-refractivity contribution in [1.82, 2.24) is 0 Å². The molecule has 0 heterocycles. The molecule has 0 unspecified atom stereocenters. The van der Waals surface area contributed by atoms with Crippen LogP contribution in [-0.2, 0) is 0 Å². The third-order valence-corrected chi connectivity index (χ3v) is 2.87. The maximum atomic E-state index is 4.13. The Kier molecular flexibility index (Phi) is 2.16. The second kappa shape index (κ2) is 3.30. The van der Waals surface area contributed by atoms with Crippen molar-refractivity contribution in [2.45, 2.75) is 38.5 Å². The summed E-state index contributed by atoms with van der Waals surface area (Å²) in [5.41, 5.74) is 4.52. The molecule has 0 saturated heterocycles. The Balaban J connectivity index is 2.29. The molecule has 64 valence electrons. The average molecular weight is 160 g/mol. The summed E-state index contributed by atoms with van der Waals surface area (Å²) < 4.78 is 0. The summed E-state index contributed by atoms with van der Waals surface area (Å²) in [5, 5.41) is 0. The first kappa shape index (κ1) is 7.85. The summed E-state index contributed by atoms with van der Waals surface area (Å²) in [7, 11) is 0. The molecule has 0 aromatic heterocycles. The van der Waals surface area contributed by atoms with Crippen molar-refractivity contribution in [3.05, 3.63) is 35.5 Å². The minimum atomic E-state index is 1.08. The third-order valence-electron chi connectivity index (χ3n) is 2.87. The van der Waals surface area contributed by atoms with Gasteiger partial charge >= 0.3 is 0 Å². The Morgan fingerprint density at radius 1 is 1.08 bits per heavy atom. The van der Waals surface area contributed by atoms with Crippen LogP contribution in [0, 0.1) is 0 Å². The van der Waals surface area contributed by atoms with E-state index in [2.05, 4.69) is 18.7 Å². The largest absolute Gasteiger partial charge is 0.0952 e. The highest BCUT2D eigenvalue weighted by atomic mass is 14.2. The fourth-order valence-corrected chi connectivity index (χ4v) is 2.16. The molecule has 0 bridgehead atoms. The summed E-state index contributed by atoms with van der Waals surface area (Å²) >= 11 is 0. The predicted octanol–water partition coefficient (Wildman–Crippen LogP) is 3.76. The minimum Gasteiger partial charge on any atom is -0.0952 e. The van der Waals surface area contributed by atoms with Crippen LogP contribution in [0.2, 0.25) is 0 Å². The number of hydrogen-bond acceptors (Lipinski definition) is 0.